The van der Waals surface area contributed by atoms with E-state index < -0.39 is 31.5 Å². The molecule has 2 atom stereocenters. The van der Waals surface area contributed by atoms with E-state index in [1.54, 1.807) is 6.92 Å². The Morgan fingerprint density at radius 3 is 2.50 bits per heavy atom. The highest BCUT2D eigenvalue weighted by Gasteiger charge is 2.29. The zero-order valence-electron chi connectivity index (χ0n) is 13.5. The highest BCUT2D eigenvalue weighted by molar-refractivity contribution is 7.51. The fraction of sp³-hybridized carbons (Fsp3) is 0.462. The maximum absolute atomic E-state index is 12.3. The van der Waals surface area contributed by atoms with Crippen molar-refractivity contribution in [2.75, 3.05) is 20.5 Å². The normalized spacial score (nSPS) is 14.5. The van der Waals surface area contributed by atoms with Gasteiger partial charge in [0, 0.05) is 19.2 Å². The lowest BCUT2D eigenvalue weighted by Gasteiger charge is -2.20. The summed E-state index contributed by atoms with van der Waals surface area (Å²) in [6.07, 6.45) is 0. The van der Waals surface area contributed by atoms with Crippen LogP contribution in [-0.2, 0) is 23.1 Å². The van der Waals surface area contributed by atoms with Crippen LogP contribution in [0.15, 0.2) is 24.3 Å². The highest BCUT2D eigenvalue weighted by Crippen LogP contribution is 2.43. The van der Waals surface area contributed by atoms with Gasteiger partial charge >= 0.3 is 13.7 Å². The van der Waals surface area contributed by atoms with Gasteiger partial charge in [-0.2, -0.15) is 0 Å². The number of benzene rings is 1. The van der Waals surface area contributed by atoms with E-state index in [0.717, 1.165) is 7.11 Å². The summed E-state index contributed by atoms with van der Waals surface area (Å²) in [5.41, 5.74) is -0.0873. The molecule has 0 spiro atoms. The van der Waals surface area contributed by atoms with Crippen molar-refractivity contribution < 1.29 is 32.8 Å². The highest BCUT2D eigenvalue weighted by atomic mass is 31.2. The third-order valence-electron chi connectivity index (χ3n) is 2.73. The van der Waals surface area contributed by atoms with Crippen LogP contribution in [0.4, 0.5) is 5.69 Å². The van der Waals surface area contributed by atoms with E-state index in [4.69, 9.17) is 18.5 Å². The second-order valence-corrected chi connectivity index (χ2v) is 6.30. The van der Waals surface area contributed by atoms with Gasteiger partial charge in [0.2, 0.25) is 0 Å². The van der Waals surface area contributed by atoms with Crippen LogP contribution in [0.2, 0.25) is 0 Å². The summed E-state index contributed by atoms with van der Waals surface area (Å²) >= 11 is 0. The van der Waals surface area contributed by atoms with Crippen LogP contribution in [0.5, 0.6) is 5.75 Å². The number of nitrogens with zero attached hydrogens (tertiary/aromatic N) is 1. The molecular formula is C13H19N2O8P. The Balaban J connectivity index is 2.54. The van der Waals surface area contributed by atoms with E-state index in [0.29, 0.717) is 0 Å². The number of hydrogen-bond acceptors (Lipinski definition) is 8. The number of non-ortho nitro benzene ring substituents is 1. The predicted molar refractivity (Wildman–Crippen MR) is 83.5 cm³/mol. The van der Waals surface area contributed by atoms with E-state index in [1.807, 2.05) is 0 Å². The molecule has 0 aliphatic heterocycles. The summed E-state index contributed by atoms with van der Waals surface area (Å²) in [5, 5.41) is 12.9. The first-order valence-electron chi connectivity index (χ1n) is 6.93. The second kappa shape index (κ2) is 9.33. The number of carbonyl (C=O) groups is 1. The Morgan fingerprint density at radius 1 is 1.38 bits per heavy atom. The molecule has 0 aliphatic carbocycles. The first-order valence-corrected chi connectivity index (χ1v) is 8.47. The molecule has 24 heavy (non-hydrogen) atoms. The second-order valence-electron chi connectivity index (χ2n) is 4.43. The number of nitro groups is 1. The van der Waals surface area contributed by atoms with Crippen LogP contribution < -0.4 is 9.82 Å². The number of ether oxygens (including phenoxy) is 2. The van der Waals surface area contributed by atoms with Crippen molar-refractivity contribution in [1.82, 2.24) is 5.09 Å². The fourth-order valence-electron chi connectivity index (χ4n) is 1.53. The van der Waals surface area contributed by atoms with Crippen LogP contribution in [0.3, 0.4) is 0 Å². The summed E-state index contributed by atoms with van der Waals surface area (Å²) in [6, 6.07) is 4.34. The molecule has 0 saturated carbocycles. The van der Waals surface area contributed by atoms with Crippen molar-refractivity contribution in [1.29, 1.82) is 0 Å². The Bertz CT molecular complexity index is 606. The Hall–Kier alpha value is -2.00. The third kappa shape index (κ3) is 6.25. The van der Waals surface area contributed by atoms with Crippen LogP contribution in [-0.4, -0.2) is 37.4 Å². The first-order chi connectivity index (χ1) is 11.3. The molecule has 1 N–H and O–H groups in total. The number of esters is 1. The molecule has 0 radical (unpaired) electrons. The lowest BCUT2D eigenvalue weighted by Crippen LogP contribution is -2.34. The van der Waals surface area contributed by atoms with Crippen LogP contribution in [0.1, 0.15) is 13.8 Å². The molecule has 11 heteroatoms. The molecule has 134 valence electrons. The molecule has 1 aromatic rings. The van der Waals surface area contributed by atoms with Crippen LogP contribution in [0, 0.1) is 10.1 Å². The molecular weight excluding hydrogens is 343 g/mol. The molecule has 0 aliphatic rings. The fourth-order valence-corrected chi connectivity index (χ4v) is 2.58. The van der Waals surface area contributed by atoms with E-state index >= 15 is 0 Å². The molecule has 0 aromatic heterocycles. The van der Waals surface area contributed by atoms with Gasteiger partial charge in [-0.1, -0.05) is 0 Å². The lowest BCUT2D eigenvalue weighted by atomic mass is 10.3. The van der Waals surface area contributed by atoms with E-state index in [2.05, 4.69) is 5.09 Å². The summed E-state index contributed by atoms with van der Waals surface area (Å²) in [7, 11) is -2.63. The van der Waals surface area contributed by atoms with Gasteiger partial charge in [-0.3, -0.25) is 19.4 Å². The van der Waals surface area contributed by atoms with E-state index in [9.17, 15) is 19.5 Å². The molecule has 10 nitrogen and oxygen atoms in total. The summed E-state index contributed by atoms with van der Waals surface area (Å²) in [4.78, 5) is 21.5. The molecule has 0 heterocycles. The van der Waals surface area contributed by atoms with Gasteiger partial charge in [0.15, 0.2) is 6.79 Å². The molecule has 1 rings (SSSR count). The number of hydrogen-bond donors (Lipinski definition) is 1. The number of nitro benzene ring substituents is 1. The van der Waals surface area contributed by atoms with Crippen molar-refractivity contribution in [3.05, 3.63) is 34.4 Å². The average molecular weight is 362 g/mol. The van der Waals surface area contributed by atoms with Crippen molar-refractivity contribution >= 4 is 19.4 Å². The zero-order valence-corrected chi connectivity index (χ0v) is 14.4. The van der Waals surface area contributed by atoms with Crippen LogP contribution in [0.25, 0.3) is 0 Å². The van der Waals surface area contributed by atoms with Gasteiger partial charge in [-0.15, -0.1) is 0 Å². The molecule has 1 unspecified atom stereocenters. The zero-order chi connectivity index (χ0) is 18.2. The summed E-state index contributed by atoms with van der Waals surface area (Å²) in [6.45, 7) is 2.83. The molecule has 0 bridgehead atoms. The topological polar surface area (TPSA) is 126 Å². The first kappa shape index (κ1) is 20.0. The number of rotatable bonds is 10. The van der Waals surface area contributed by atoms with Gasteiger partial charge < -0.3 is 14.0 Å². The summed E-state index contributed by atoms with van der Waals surface area (Å²) < 4.78 is 32.0. The number of nitrogens with one attached hydrogen (secondary N) is 1. The van der Waals surface area contributed by atoms with E-state index in [-0.39, 0.29) is 18.0 Å². The van der Waals surface area contributed by atoms with Gasteiger partial charge in [0.1, 0.15) is 11.8 Å². The van der Waals surface area contributed by atoms with Gasteiger partial charge in [-0.25, -0.2) is 9.65 Å². The van der Waals surface area contributed by atoms with Crippen molar-refractivity contribution in [3.8, 4) is 5.75 Å². The monoisotopic (exact) mass is 362 g/mol. The average Bonchev–Trinajstić information content (AvgIpc) is 2.55. The van der Waals surface area contributed by atoms with Gasteiger partial charge in [0.25, 0.3) is 5.69 Å². The smallest absolute Gasteiger partial charge is 0.408 e. The SMILES string of the molecule is CCOC(=O)[C@H](C)NP(=O)(OC)OCOc1ccc([N+](=O)[O-])cc1. The Kier molecular flexibility index (Phi) is 7.80. The van der Waals surface area contributed by atoms with Crippen LogP contribution >= 0.6 is 7.75 Å². The van der Waals surface area contributed by atoms with E-state index in [1.165, 1.54) is 31.2 Å². The molecule has 1 aromatic carbocycles. The van der Waals surface area contributed by atoms with Gasteiger partial charge in [-0.05, 0) is 26.0 Å². The Labute approximate surface area is 138 Å². The maximum atomic E-state index is 12.3. The standard InChI is InChI=1S/C13H19N2O8P/c1-4-21-13(16)10(2)14-24(19,20-3)23-9-22-12-7-5-11(6-8-12)15(17)18/h5-8,10H,4,9H2,1-3H3,(H,14,19)/t10-,24?/m0/s1. The molecule has 0 fully saturated rings. The quantitative estimate of drug-likeness (QED) is 0.219. The predicted octanol–water partition coefficient (Wildman–Crippen LogP) is 2.24. The molecule has 0 amide bonds. The van der Waals surface area contributed by atoms with Crippen molar-refractivity contribution in [2.24, 2.45) is 0 Å². The van der Waals surface area contributed by atoms with Crippen molar-refractivity contribution in [2.45, 2.75) is 19.9 Å². The van der Waals surface area contributed by atoms with Crippen molar-refractivity contribution in [3.63, 3.8) is 0 Å². The summed E-state index contributed by atoms with van der Waals surface area (Å²) in [5.74, 6) is -0.323. The molecule has 0 saturated heterocycles. The minimum absolute atomic E-state index is 0.0873. The largest absolute Gasteiger partial charge is 0.467 e. The lowest BCUT2D eigenvalue weighted by molar-refractivity contribution is -0.384. The minimum Gasteiger partial charge on any atom is -0.467 e. The van der Waals surface area contributed by atoms with Gasteiger partial charge in [0.05, 0.1) is 11.5 Å². The maximum Gasteiger partial charge on any atom is 0.408 e. The number of carbonyl (C=O) groups excluding carboxylic acids is 1. The Morgan fingerprint density at radius 2 is 2.00 bits per heavy atom. The third-order valence-corrected chi connectivity index (χ3v) is 4.36. The minimum atomic E-state index is -3.78.